The van der Waals surface area contributed by atoms with Crippen LogP contribution in [-0.4, -0.2) is 38.0 Å². The van der Waals surface area contributed by atoms with Crippen LogP contribution >= 0.6 is 0 Å². The minimum Gasteiger partial charge on any atom is -0.378 e. The predicted molar refractivity (Wildman–Crippen MR) is 82.5 cm³/mol. The van der Waals surface area contributed by atoms with Crippen molar-refractivity contribution >= 4 is 10.0 Å². The Bertz CT molecular complexity index is 611. The van der Waals surface area contributed by atoms with Gasteiger partial charge < -0.3 is 10.5 Å². The van der Waals surface area contributed by atoms with Gasteiger partial charge in [-0.15, -0.1) is 0 Å². The summed E-state index contributed by atoms with van der Waals surface area (Å²) in [5.41, 5.74) is 7.19. The average molecular weight is 312 g/mol. The summed E-state index contributed by atoms with van der Waals surface area (Å²) >= 11 is 0. The summed E-state index contributed by atoms with van der Waals surface area (Å²) in [7, 11) is -3.53. The molecule has 1 aliphatic heterocycles. The zero-order chi connectivity index (χ0) is 15.7. The predicted octanol–water partition coefficient (Wildman–Crippen LogP) is 1.51. The highest BCUT2D eigenvalue weighted by Gasteiger charge is 2.39. The van der Waals surface area contributed by atoms with Gasteiger partial charge in [-0.1, -0.05) is 13.0 Å². The molecule has 2 rings (SSSR count). The number of sulfonamides is 1. The molecule has 0 aromatic heterocycles. The first-order chi connectivity index (χ1) is 9.82. The van der Waals surface area contributed by atoms with Crippen LogP contribution in [0.2, 0.25) is 0 Å². The molecule has 1 aromatic carbocycles. The molecule has 1 aromatic rings. The molecule has 1 fully saturated rings. The molecule has 21 heavy (non-hydrogen) atoms. The van der Waals surface area contributed by atoms with Crippen molar-refractivity contribution in [2.75, 3.05) is 19.8 Å². The van der Waals surface area contributed by atoms with Crippen molar-refractivity contribution in [2.45, 2.75) is 44.2 Å². The number of rotatable bonds is 4. The van der Waals surface area contributed by atoms with Crippen LogP contribution in [0.5, 0.6) is 0 Å². The largest absolute Gasteiger partial charge is 0.378 e. The Morgan fingerprint density at radius 1 is 1.33 bits per heavy atom. The van der Waals surface area contributed by atoms with Gasteiger partial charge in [-0.05, 0) is 43.5 Å². The normalized spacial score (nSPS) is 19.6. The van der Waals surface area contributed by atoms with Crippen LogP contribution in [0.25, 0.3) is 0 Å². The number of hydrogen-bond donors (Lipinski definition) is 1. The van der Waals surface area contributed by atoms with Gasteiger partial charge in [0.2, 0.25) is 10.0 Å². The fourth-order valence-electron chi connectivity index (χ4n) is 2.71. The van der Waals surface area contributed by atoms with E-state index in [-0.39, 0.29) is 0 Å². The van der Waals surface area contributed by atoms with Gasteiger partial charge >= 0.3 is 0 Å². The van der Waals surface area contributed by atoms with E-state index in [0.717, 1.165) is 17.5 Å². The smallest absolute Gasteiger partial charge is 0.243 e. The Kier molecular flexibility index (Phi) is 4.72. The lowest BCUT2D eigenvalue weighted by molar-refractivity contribution is -0.00771. The molecule has 1 heterocycles. The second kappa shape index (κ2) is 6.04. The molecule has 1 aliphatic rings. The monoisotopic (exact) mass is 312 g/mol. The van der Waals surface area contributed by atoms with Crippen LogP contribution in [0.1, 0.15) is 31.9 Å². The first-order valence-electron chi connectivity index (χ1n) is 7.25. The molecule has 2 N–H and O–H groups in total. The minimum atomic E-state index is -3.53. The highest BCUT2D eigenvalue weighted by molar-refractivity contribution is 7.89. The molecule has 0 aliphatic carbocycles. The Balaban J connectivity index is 2.44. The first kappa shape index (κ1) is 16.4. The van der Waals surface area contributed by atoms with E-state index in [4.69, 9.17) is 10.5 Å². The third-order valence-electron chi connectivity index (χ3n) is 3.94. The summed E-state index contributed by atoms with van der Waals surface area (Å²) in [4.78, 5) is 0.315. The number of aryl methyl sites for hydroxylation is 1. The molecule has 0 radical (unpaired) electrons. The summed E-state index contributed by atoms with van der Waals surface area (Å²) in [5, 5.41) is 0. The van der Waals surface area contributed by atoms with Gasteiger partial charge in [0.15, 0.2) is 0 Å². The zero-order valence-electron chi connectivity index (χ0n) is 12.9. The molecule has 0 amide bonds. The molecule has 118 valence electrons. The van der Waals surface area contributed by atoms with Crippen LogP contribution in [0.15, 0.2) is 23.1 Å². The van der Waals surface area contributed by atoms with E-state index in [1.54, 1.807) is 12.1 Å². The number of ether oxygens (including phenoxy) is 1. The van der Waals surface area contributed by atoms with E-state index >= 15 is 0 Å². The lowest BCUT2D eigenvalue weighted by Gasteiger charge is -2.40. The number of morpholine rings is 1. The van der Waals surface area contributed by atoms with Gasteiger partial charge in [0.05, 0.1) is 23.6 Å². The average Bonchev–Trinajstić information content (AvgIpc) is 2.45. The second-order valence-electron chi connectivity index (χ2n) is 5.93. The van der Waals surface area contributed by atoms with Gasteiger partial charge in [0, 0.05) is 13.1 Å². The molecule has 5 nitrogen and oxygen atoms in total. The van der Waals surface area contributed by atoms with Crippen molar-refractivity contribution in [3.63, 3.8) is 0 Å². The molecule has 1 saturated heterocycles. The number of nitrogens with zero attached hydrogens (tertiary/aromatic N) is 1. The second-order valence-corrected chi connectivity index (χ2v) is 7.79. The molecule has 6 heteroatoms. The molecule has 0 saturated carbocycles. The van der Waals surface area contributed by atoms with E-state index in [0.29, 0.717) is 31.2 Å². The van der Waals surface area contributed by atoms with Gasteiger partial charge in [-0.3, -0.25) is 0 Å². The third kappa shape index (κ3) is 3.13. The van der Waals surface area contributed by atoms with Crippen molar-refractivity contribution in [3.8, 4) is 0 Å². The maximum Gasteiger partial charge on any atom is 0.243 e. The molecule has 0 bridgehead atoms. The summed E-state index contributed by atoms with van der Waals surface area (Å²) in [6.45, 7) is 7.36. The van der Waals surface area contributed by atoms with E-state index in [1.165, 1.54) is 4.31 Å². The number of hydrogen-bond acceptors (Lipinski definition) is 4. The van der Waals surface area contributed by atoms with Crippen LogP contribution in [-0.2, 0) is 27.7 Å². The number of benzene rings is 1. The lowest BCUT2D eigenvalue weighted by Crippen LogP contribution is -2.55. The molecule has 0 unspecified atom stereocenters. The summed E-state index contributed by atoms with van der Waals surface area (Å²) in [5.74, 6) is 0. The topological polar surface area (TPSA) is 72.6 Å². The Hall–Kier alpha value is -0.950. The molecular weight excluding hydrogens is 288 g/mol. The van der Waals surface area contributed by atoms with Crippen molar-refractivity contribution in [2.24, 2.45) is 5.73 Å². The van der Waals surface area contributed by atoms with Crippen molar-refractivity contribution in [3.05, 3.63) is 29.3 Å². The van der Waals surface area contributed by atoms with Crippen molar-refractivity contribution in [1.82, 2.24) is 4.31 Å². The van der Waals surface area contributed by atoms with E-state index in [9.17, 15) is 8.42 Å². The van der Waals surface area contributed by atoms with E-state index < -0.39 is 15.6 Å². The maximum absolute atomic E-state index is 12.9. The van der Waals surface area contributed by atoms with E-state index in [1.807, 2.05) is 26.8 Å². The third-order valence-corrected chi connectivity index (χ3v) is 6.04. The van der Waals surface area contributed by atoms with Gasteiger partial charge in [-0.2, -0.15) is 4.31 Å². The van der Waals surface area contributed by atoms with Gasteiger partial charge in [0.25, 0.3) is 0 Å². The first-order valence-corrected chi connectivity index (χ1v) is 8.69. The molecule has 0 spiro atoms. The zero-order valence-corrected chi connectivity index (χ0v) is 13.7. The van der Waals surface area contributed by atoms with Crippen molar-refractivity contribution < 1.29 is 13.2 Å². The summed E-state index contributed by atoms with van der Waals surface area (Å²) in [6.07, 6.45) is 0.843. The Morgan fingerprint density at radius 2 is 2.05 bits per heavy atom. The fourth-order valence-corrected chi connectivity index (χ4v) is 4.52. The van der Waals surface area contributed by atoms with Crippen LogP contribution in [0.4, 0.5) is 0 Å². The maximum atomic E-state index is 12.9. The highest BCUT2D eigenvalue weighted by atomic mass is 32.2. The van der Waals surface area contributed by atoms with Crippen LogP contribution in [0, 0.1) is 0 Å². The quantitative estimate of drug-likeness (QED) is 0.914. The number of nitrogens with two attached hydrogens (primary N) is 1. The van der Waals surface area contributed by atoms with Crippen LogP contribution < -0.4 is 5.73 Å². The summed E-state index contributed by atoms with van der Waals surface area (Å²) in [6, 6.07) is 5.25. The van der Waals surface area contributed by atoms with Crippen LogP contribution in [0.3, 0.4) is 0 Å². The molecular formula is C15H24N2O3S. The SMILES string of the molecule is CCc1ccc(S(=O)(=O)N2CCOCC2(C)C)cc1CN. The van der Waals surface area contributed by atoms with E-state index in [2.05, 4.69) is 0 Å². The minimum absolute atomic E-state index is 0.315. The standard InChI is InChI=1S/C15H24N2O3S/c1-4-12-5-6-14(9-13(12)10-16)21(18,19)17-7-8-20-11-15(17,2)3/h5-6,9H,4,7-8,10-11,16H2,1-3H3. The Labute approximate surface area is 127 Å². The highest BCUT2D eigenvalue weighted by Crippen LogP contribution is 2.28. The van der Waals surface area contributed by atoms with Gasteiger partial charge in [-0.25, -0.2) is 8.42 Å². The summed E-state index contributed by atoms with van der Waals surface area (Å²) < 4.78 is 32.7. The lowest BCUT2D eigenvalue weighted by atomic mass is 10.1. The Morgan fingerprint density at radius 3 is 2.62 bits per heavy atom. The van der Waals surface area contributed by atoms with Gasteiger partial charge in [0.1, 0.15) is 0 Å². The molecule has 0 atom stereocenters. The van der Waals surface area contributed by atoms with Crippen molar-refractivity contribution in [1.29, 1.82) is 0 Å². The fraction of sp³-hybridized carbons (Fsp3) is 0.600.